The average molecular weight is 530 g/mol. The Hall–Kier alpha value is -4.56. The van der Waals surface area contributed by atoms with E-state index in [1.807, 2.05) is 30.3 Å². The Balaban J connectivity index is 1.39. The van der Waals surface area contributed by atoms with Gasteiger partial charge >= 0.3 is 6.16 Å². The van der Waals surface area contributed by atoms with Gasteiger partial charge in [0.05, 0.1) is 18.1 Å². The van der Waals surface area contributed by atoms with Crippen LogP contribution in [-0.2, 0) is 4.79 Å². The van der Waals surface area contributed by atoms with Crippen LogP contribution in [0.4, 0.5) is 19.3 Å². The summed E-state index contributed by atoms with van der Waals surface area (Å²) in [4.78, 5) is 25.8. The van der Waals surface area contributed by atoms with E-state index in [0.29, 0.717) is 24.1 Å². The highest BCUT2D eigenvalue weighted by atomic mass is 19.1. The van der Waals surface area contributed by atoms with E-state index in [1.165, 1.54) is 36.4 Å². The Labute approximate surface area is 223 Å². The van der Waals surface area contributed by atoms with Crippen LogP contribution in [0.5, 0.6) is 5.75 Å². The van der Waals surface area contributed by atoms with Crippen LogP contribution in [0.1, 0.15) is 36.1 Å². The molecule has 1 saturated heterocycles. The van der Waals surface area contributed by atoms with Crippen molar-refractivity contribution in [2.24, 2.45) is 5.92 Å². The second kappa shape index (κ2) is 11.0. The second-order valence-corrected chi connectivity index (χ2v) is 9.40. The zero-order chi connectivity index (χ0) is 27.5. The molecule has 1 heterocycles. The van der Waals surface area contributed by atoms with Gasteiger partial charge in [-0.2, -0.15) is 0 Å². The molecule has 3 atom stereocenters. The molecule has 1 aliphatic rings. The van der Waals surface area contributed by atoms with Crippen LogP contribution >= 0.6 is 0 Å². The molecule has 0 saturated carbocycles. The van der Waals surface area contributed by atoms with Crippen LogP contribution in [0.3, 0.4) is 0 Å². The normalized spacial score (nSPS) is 17.4. The van der Waals surface area contributed by atoms with E-state index in [4.69, 9.17) is 9.84 Å². The molecule has 8 heteroatoms. The molecule has 1 amide bonds. The largest absolute Gasteiger partial charge is 0.511 e. The number of anilines is 1. The quantitative estimate of drug-likeness (QED) is 0.147. The number of halogens is 2. The number of nitrogens with zero attached hydrogens (tertiary/aromatic N) is 1. The smallest absolute Gasteiger partial charge is 0.449 e. The highest BCUT2D eigenvalue weighted by Crippen LogP contribution is 2.46. The van der Waals surface area contributed by atoms with Crippen molar-refractivity contribution in [3.8, 4) is 16.9 Å². The van der Waals surface area contributed by atoms with Gasteiger partial charge < -0.3 is 19.8 Å². The first kappa shape index (κ1) is 26.1. The molecule has 0 radical (unpaired) electrons. The number of benzene rings is 4. The highest BCUT2D eigenvalue weighted by molar-refractivity contribution is 6.03. The van der Waals surface area contributed by atoms with E-state index < -0.39 is 24.0 Å². The van der Waals surface area contributed by atoms with Gasteiger partial charge in [-0.25, -0.2) is 13.6 Å². The van der Waals surface area contributed by atoms with Crippen LogP contribution in [0.25, 0.3) is 11.1 Å². The zero-order valence-electron chi connectivity index (χ0n) is 20.7. The predicted octanol–water partition coefficient (Wildman–Crippen LogP) is 6.91. The molecule has 0 bridgehead atoms. The van der Waals surface area contributed by atoms with Gasteiger partial charge in [0.25, 0.3) is 0 Å². The van der Waals surface area contributed by atoms with Crippen molar-refractivity contribution in [2.75, 3.05) is 4.90 Å². The average Bonchev–Trinajstić information content (AvgIpc) is 2.93. The van der Waals surface area contributed by atoms with E-state index >= 15 is 0 Å². The first-order valence-corrected chi connectivity index (χ1v) is 12.4. The maximum atomic E-state index is 13.6. The third kappa shape index (κ3) is 5.66. The third-order valence-electron chi connectivity index (χ3n) is 6.95. The third-order valence-corrected chi connectivity index (χ3v) is 6.95. The Kier molecular flexibility index (Phi) is 7.38. The second-order valence-electron chi connectivity index (χ2n) is 9.40. The van der Waals surface area contributed by atoms with Gasteiger partial charge in [0.15, 0.2) is 0 Å². The molecular formula is C31H25F2NO5. The van der Waals surface area contributed by atoms with Gasteiger partial charge in [-0.1, -0.05) is 48.5 Å². The number of carboxylic acid groups (broad SMARTS) is 1. The molecule has 39 heavy (non-hydrogen) atoms. The van der Waals surface area contributed by atoms with Crippen LogP contribution in [0.2, 0.25) is 0 Å². The van der Waals surface area contributed by atoms with Gasteiger partial charge in [0, 0.05) is 5.69 Å². The molecule has 0 unspecified atom stereocenters. The number of hydrogen-bond donors (Lipinski definition) is 2. The summed E-state index contributed by atoms with van der Waals surface area (Å²) in [6.07, 6.45) is -1.53. The standard InChI is InChI=1S/C31H25F2NO5/c32-23-10-8-20(9-11-23)28(35)17-16-27-29(34(30(27)36)25-14-12-24(33)13-15-25)21-6-4-19(5-7-21)22-2-1-3-26(18-22)39-31(37)38/h1-15,18,27-29,35H,16-17H2,(H,37,38)/t27-,28+,29-/m1/s1. The topological polar surface area (TPSA) is 87.1 Å². The Morgan fingerprint density at radius 2 is 1.51 bits per heavy atom. The van der Waals surface area contributed by atoms with E-state index in [2.05, 4.69) is 0 Å². The Morgan fingerprint density at radius 1 is 0.872 bits per heavy atom. The summed E-state index contributed by atoms with van der Waals surface area (Å²) < 4.78 is 31.6. The van der Waals surface area contributed by atoms with Gasteiger partial charge in [-0.05, 0) is 83.6 Å². The number of carbonyl (C=O) groups is 2. The summed E-state index contributed by atoms with van der Waals surface area (Å²) in [7, 11) is 0. The van der Waals surface area contributed by atoms with Crippen LogP contribution in [0, 0.1) is 17.6 Å². The SMILES string of the molecule is O=C(O)Oc1cccc(-c2ccc([C@@H]3[C@@H](CC[C@H](O)c4ccc(F)cc4)C(=O)N3c3ccc(F)cc3)cc2)c1. The number of rotatable bonds is 8. The first-order valence-electron chi connectivity index (χ1n) is 12.4. The summed E-state index contributed by atoms with van der Waals surface area (Å²) in [5.41, 5.74) is 3.61. The molecule has 4 aromatic rings. The Morgan fingerprint density at radius 3 is 2.15 bits per heavy atom. The van der Waals surface area contributed by atoms with Crippen LogP contribution in [0.15, 0.2) is 97.1 Å². The summed E-state index contributed by atoms with van der Waals surface area (Å²) in [5.74, 6) is -1.12. The van der Waals surface area contributed by atoms with Crippen molar-refractivity contribution in [2.45, 2.75) is 25.0 Å². The molecule has 4 aromatic carbocycles. The van der Waals surface area contributed by atoms with E-state index in [1.54, 1.807) is 35.2 Å². The number of β-lactam (4-membered cyclic amide) rings is 1. The molecule has 6 nitrogen and oxygen atoms in total. The minimum Gasteiger partial charge on any atom is -0.449 e. The zero-order valence-corrected chi connectivity index (χ0v) is 20.7. The molecular weight excluding hydrogens is 504 g/mol. The number of aliphatic hydroxyl groups is 1. The number of amides is 1. The summed E-state index contributed by atoms with van der Waals surface area (Å²) in [6.45, 7) is 0. The summed E-state index contributed by atoms with van der Waals surface area (Å²) in [6, 6.07) is 25.3. The molecule has 1 fully saturated rings. The molecule has 0 spiro atoms. The van der Waals surface area contributed by atoms with Crippen LogP contribution in [-0.4, -0.2) is 22.3 Å². The monoisotopic (exact) mass is 529 g/mol. The lowest BCUT2D eigenvalue weighted by Gasteiger charge is -2.48. The number of carbonyl (C=O) groups excluding carboxylic acids is 1. The maximum Gasteiger partial charge on any atom is 0.511 e. The molecule has 2 N–H and O–H groups in total. The van der Waals surface area contributed by atoms with Crippen molar-refractivity contribution in [1.82, 2.24) is 0 Å². The minimum atomic E-state index is -1.39. The van der Waals surface area contributed by atoms with Gasteiger partial charge in [0.2, 0.25) is 5.91 Å². The molecule has 0 aromatic heterocycles. The number of hydrogen-bond acceptors (Lipinski definition) is 4. The Bertz CT molecular complexity index is 1470. The van der Waals surface area contributed by atoms with Crippen molar-refractivity contribution in [3.63, 3.8) is 0 Å². The lowest BCUT2D eigenvalue weighted by atomic mass is 9.78. The van der Waals surface area contributed by atoms with Crippen molar-refractivity contribution in [3.05, 3.63) is 120 Å². The fourth-order valence-electron chi connectivity index (χ4n) is 5.00. The maximum absolute atomic E-state index is 13.6. The lowest BCUT2D eigenvalue weighted by molar-refractivity contribution is -0.131. The van der Waals surface area contributed by atoms with Crippen molar-refractivity contribution in [1.29, 1.82) is 0 Å². The molecule has 0 aliphatic carbocycles. The van der Waals surface area contributed by atoms with E-state index in [-0.39, 0.29) is 23.5 Å². The first-order chi connectivity index (χ1) is 18.8. The van der Waals surface area contributed by atoms with Crippen molar-refractivity contribution < 1.29 is 33.3 Å². The fraction of sp³-hybridized carbons (Fsp3) is 0.161. The fourth-order valence-corrected chi connectivity index (χ4v) is 5.00. The predicted molar refractivity (Wildman–Crippen MR) is 141 cm³/mol. The number of ether oxygens (including phenoxy) is 1. The molecule has 1 aliphatic heterocycles. The molecule has 5 rings (SSSR count). The van der Waals surface area contributed by atoms with Gasteiger partial charge in [-0.3, -0.25) is 4.79 Å². The molecule has 198 valence electrons. The summed E-state index contributed by atoms with van der Waals surface area (Å²) >= 11 is 0. The number of aliphatic hydroxyl groups excluding tert-OH is 1. The van der Waals surface area contributed by atoms with Crippen molar-refractivity contribution >= 4 is 17.7 Å². The van der Waals surface area contributed by atoms with Gasteiger partial charge in [-0.15, -0.1) is 0 Å². The summed E-state index contributed by atoms with van der Waals surface area (Å²) in [5, 5.41) is 19.5. The highest BCUT2D eigenvalue weighted by Gasteiger charge is 2.48. The minimum absolute atomic E-state index is 0.125. The lowest BCUT2D eigenvalue weighted by Crippen LogP contribution is -2.55. The van der Waals surface area contributed by atoms with E-state index in [0.717, 1.165) is 16.7 Å². The van der Waals surface area contributed by atoms with Crippen LogP contribution < -0.4 is 9.64 Å². The van der Waals surface area contributed by atoms with E-state index in [9.17, 15) is 23.5 Å². The van der Waals surface area contributed by atoms with Gasteiger partial charge in [0.1, 0.15) is 17.4 Å².